The highest BCUT2D eigenvalue weighted by atomic mass is 32.1. The number of anilines is 1. The Labute approximate surface area is 184 Å². The minimum atomic E-state index is -0.931. The zero-order valence-electron chi connectivity index (χ0n) is 17.7. The number of amides is 2. The highest BCUT2D eigenvalue weighted by Gasteiger charge is 2.30. The number of benzene rings is 1. The topological polar surface area (TPSA) is 106 Å². The molecule has 0 bridgehead atoms. The number of hydrogen-bond acceptors (Lipinski definition) is 7. The number of rotatable bonds is 6. The van der Waals surface area contributed by atoms with Gasteiger partial charge in [0, 0.05) is 4.88 Å². The second-order valence-electron chi connectivity index (χ2n) is 7.20. The number of ether oxygens (including phenoxy) is 2. The zero-order valence-corrected chi connectivity index (χ0v) is 18.5. The molecule has 9 heteroatoms. The molecular weight excluding hydrogens is 418 g/mol. The molecule has 0 aliphatic heterocycles. The van der Waals surface area contributed by atoms with Crippen LogP contribution in [0.1, 0.15) is 46.6 Å². The molecule has 0 spiro atoms. The third-order valence-electron chi connectivity index (χ3n) is 4.92. The molecule has 2 N–H and O–H groups in total. The lowest BCUT2D eigenvalue weighted by Gasteiger charge is -2.18. The first kappa shape index (κ1) is 22.5. The molecule has 2 aromatic rings. The number of esters is 1. The van der Waals surface area contributed by atoms with Crippen molar-refractivity contribution in [3.05, 3.63) is 45.8 Å². The van der Waals surface area contributed by atoms with E-state index in [4.69, 9.17) is 9.47 Å². The predicted octanol–water partition coefficient (Wildman–Crippen LogP) is 3.15. The zero-order chi connectivity index (χ0) is 22.4. The summed E-state index contributed by atoms with van der Waals surface area (Å²) in [6.07, 6.45) is 3.96. The van der Waals surface area contributed by atoms with E-state index in [9.17, 15) is 14.4 Å². The highest BCUT2D eigenvalue weighted by molar-refractivity contribution is 7.17. The van der Waals surface area contributed by atoms with Crippen LogP contribution < -0.4 is 15.5 Å². The average molecular weight is 444 g/mol. The normalized spacial score (nSPS) is 15.3. The van der Waals surface area contributed by atoms with Gasteiger partial charge in [-0.1, -0.05) is 6.92 Å². The Hall–Kier alpha value is -3.20. The Balaban J connectivity index is 1.69. The van der Waals surface area contributed by atoms with Gasteiger partial charge >= 0.3 is 17.8 Å². The fraction of sp³-hybridized carbons (Fsp3) is 0.364. The smallest absolute Gasteiger partial charge is 0.341 e. The van der Waals surface area contributed by atoms with Gasteiger partial charge in [-0.25, -0.2) is 10.2 Å². The van der Waals surface area contributed by atoms with Gasteiger partial charge in [0.1, 0.15) is 10.8 Å². The maximum atomic E-state index is 12.5. The van der Waals surface area contributed by atoms with E-state index in [1.165, 1.54) is 17.6 Å². The Kier molecular flexibility index (Phi) is 7.41. The lowest BCUT2D eigenvalue weighted by molar-refractivity contribution is -0.136. The third-order valence-corrected chi connectivity index (χ3v) is 6.09. The van der Waals surface area contributed by atoms with Gasteiger partial charge in [0.2, 0.25) is 0 Å². The number of hydrogen-bond donors (Lipinski definition) is 2. The molecule has 0 unspecified atom stereocenters. The standard InChI is InChI=1S/C22H25N3O5S/c1-4-30-22(28)18-16-10-5-13(2)11-17(16)31-21(18)24-19(26)20(27)25-23-12-14-6-8-15(29-3)9-7-14/h6-9,12-13H,4-5,10-11H2,1-3H3,(H,24,26)(H,25,27)/b23-12-/t13-/m1/s1. The molecule has 1 aliphatic carbocycles. The molecule has 1 aliphatic rings. The summed E-state index contributed by atoms with van der Waals surface area (Å²) < 4.78 is 10.3. The molecule has 0 fully saturated rings. The van der Waals surface area contributed by atoms with Crippen molar-refractivity contribution < 1.29 is 23.9 Å². The molecule has 1 heterocycles. The second-order valence-corrected chi connectivity index (χ2v) is 8.31. The van der Waals surface area contributed by atoms with Crippen LogP contribution in [-0.2, 0) is 27.2 Å². The molecule has 1 aromatic heterocycles. The van der Waals surface area contributed by atoms with Crippen molar-refractivity contribution in [3.8, 4) is 5.75 Å². The largest absolute Gasteiger partial charge is 0.497 e. The first-order valence-electron chi connectivity index (χ1n) is 10.0. The molecular formula is C22H25N3O5S. The summed E-state index contributed by atoms with van der Waals surface area (Å²) in [6.45, 7) is 4.11. The molecule has 0 radical (unpaired) electrons. The number of methoxy groups -OCH3 is 1. The van der Waals surface area contributed by atoms with Crippen LogP contribution in [0.25, 0.3) is 0 Å². The second kappa shape index (κ2) is 10.2. The summed E-state index contributed by atoms with van der Waals surface area (Å²) in [4.78, 5) is 38.1. The quantitative estimate of drug-likeness (QED) is 0.309. The van der Waals surface area contributed by atoms with Crippen LogP contribution in [0.3, 0.4) is 0 Å². The van der Waals surface area contributed by atoms with E-state index >= 15 is 0 Å². The number of fused-ring (bicyclic) bond motifs is 1. The van der Waals surface area contributed by atoms with Gasteiger partial charge in [0.15, 0.2) is 0 Å². The summed E-state index contributed by atoms with van der Waals surface area (Å²) in [7, 11) is 1.57. The maximum Gasteiger partial charge on any atom is 0.341 e. The molecule has 164 valence electrons. The van der Waals surface area contributed by atoms with Gasteiger partial charge in [0.25, 0.3) is 0 Å². The SMILES string of the molecule is CCOC(=O)c1c(NC(=O)C(=O)N/N=C\c2ccc(OC)cc2)sc2c1CC[C@@H](C)C2. The van der Waals surface area contributed by atoms with E-state index < -0.39 is 17.8 Å². The van der Waals surface area contributed by atoms with Gasteiger partial charge in [-0.05, 0) is 67.5 Å². The van der Waals surface area contributed by atoms with Crippen LogP contribution in [-0.4, -0.2) is 37.7 Å². The Morgan fingerprint density at radius 1 is 1.23 bits per heavy atom. The van der Waals surface area contributed by atoms with Crippen molar-refractivity contribution in [2.45, 2.75) is 33.1 Å². The average Bonchev–Trinajstić information content (AvgIpc) is 3.11. The fourth-order valence-corrected chi connectivity index (χ4v) is 4.72. The van der Waals surface area contributed by atoms with Crippen molar-refractivity contribution in [1.82, 2.24) is 5.43 Å². The molecule has 0 saturated heterocycles. The van der Waals surface area contributed by atoms with Crippen LogP contribution >= 0.6 is 11.3 Å². The summed E-state index contributed by atoms with van der Waals surface area (Å²) in [5.74, 6) is -1.11. The Morgan fingerprint density at radius 3 is 2.65 bits per heavy atom. The minimum Gasteiger partial charge on any atom is -0.497 e. The maximum absolute atomic E-state index is 12.5. The third kappa shape index (κ3) is 5.49. The first-order chi connectivity index (χ1) is 14.9. The fourth-order valence-electron chi connectivity index (χ4n) is 3.32. The van der Waals surface area contributed by atoms with Gasteiger partial charge in [-0.15, -0.1) is 11.3 Å². The van der Waals surface area contributed by atoms with Crippen LogP contribution in [0.4, 0.5) is 5.00 Å². The van der Waals surface area contributed by atoms with Crippen LogP contribution in [0, 0.1) is 5.92 Å². The van der Waals surface area contributed by atoms with E-state index in [2.05, 4.69) is 22.8 Å². The summed E-state index contributed by atoms with van der Waals surface area (Å²) in [5, 5.41) is 6.71. The number of nitrogens with zero attached hydrogens (tertiary/aromatic N) is 1. The lowest BCUT2D eigenvalue weighted by atomic mass is 9.88. The molecule has 1 atom stereocenters. The molecule has 2 amide bonds. The van der Waals surface area contributed by atoms with Crippen molar-refractivity contribution in [2.75, 3.05) is 19.0 Å². The van der Waals surface area contributed by atoms with E-state index in [1.807, 2.05) is 0 Å². The minimum absolute atomic E-state index is 0.230. The van der Waals surface area contributed by atoms with Gasteiger partial charge < -0.3 is 14.8 Å². The van der Waals surface area contributed by atoms with Crippen molar-refractivity contribution in [3.63, 3.8) is 0 Å². The molecule has 8 nitrogen and oxygen atoms in total. The number of nitrogens with one attached hydrogen (secondary N) is 2. The van der Waals surface area contributed by atoms with E-state index in [1.54, 1.807) is 38.3 Å². The molecule has 1 aromatic carbocycles. The van der Waals surface area contributed by atoms with E-state index in [-0.39, 0.29) is 6.61 Å². The van der Waals surface area contributed by atoms with Crippen LogP contribution in [0.5, 0.6) is 5.75 Å². The first-order valence-corrected chi connectivity index (χ1v) is 10.8. The van der Waals surface area contributed by atoms with Crippen molar-refractivity contribution in [2.24, 2.45) is 11.0 Å². The monoisotopic (exact) mass is 443 g/mol. The predicted molar refractivity (Wildman–Crippen MR) is 119 cm³/mol. The summed E-state index contributed by atoms with van der Waals surface area (Å²) >= 11 is 1.33. The Morgan fingerprint density at radius 2 is 1.97 bits per heavy atom. The van der Waals surface area contributed by atoms with Crippen LogP contribution in [0.2, 0.25) is 0 Å². The van der Waals surface area contributed by atoms with Crippen molar-refractivity contribution >= 4 is 40.3 Å². The number of carbonyl (C=O) groups is 3. The Bertz CT molecular complexity index is 997. The van der Waals surface area contributed by atoms with Crippen molar-refractivity contribution in [1.29, 1.82) is 0 Å². The molecule has 0 saturated carbocycles. The van der Waals surface area contributed by atoms with E-state index in [0.29, 0.717) is 22.2 Å². The van der Waals surface area contributed by atoms with Gasteiger partial charge in [-0.3, -0.25) is 9.59 Å². The lowest BCUT2D eigenvalue weighted by Crippen LogP contribution is -2.32. The number of thiophene rings is 1. The summed E-state index contributed by atoms with van der Waals surface area (Å²) in [5.41, 5.74) is 4.20. The molecule has 31 heavy (non-hydrogen) atoms. The highest BCUT2D eigenvalue weighted by Crippen LogP contribution is 2.40. The number of carbonyl (C=O) groups excluding carboxylic acids is 3. The van der Waals surface area contributed by atoms with Gasteiger partial charge in [-0.2, -0.15) is 5.10 Å². The number of hydrazone groups is 1. The van der Waals surface area contributed by atoms with E-state index in [0.717, 1.165) is 35.3 Å². The summed E-state index contributed by atoms with van der Waals surface area (Å²) in [6, 6.07) is 7.03. The molecule has 3 rings (SSSR count). The van der Waals surface area contributed by atoms with Crippen LogP contribution in [0.15, 0.2) is 29.4 Å². The van der Waals surface area contributed by atoms with Gasteiger partial charge in [0.05, 0.1) is 25.5 Å².